The van der Waals surface area contributed by atoms with E-state index in [1.807, 2.05) is 0 Å². The predicted octanol–water partition coefficient (Wildman–Crippen LogP) is 4.19. The van der Waals surface area contributed by atoms with Gasteiger partial charge in [0.15, 0.2) is 5.82 Å². The number of aliphatic carboxylic acids is 1. The third-order valence-electron chi connectivity index (χ3n) is 3.41. The van der Waals surface area contributed by atoms with Gasteiger partial charge in [-0.2, -0.15) is 26.3 Å². The van der Waals surface area contributed by atoms with E-state index in [1.165, 1.54) is 13.3 Å². The Hall–Kier alpha value is -3.64. The summed E-state index contributed by atoms with van der Waals surface area (Å²) in [7, 11) is 1.53. The number of aromatic nitrogens is 4. The van der Waals surface area contributed by atoms with Gasteiger partial charge in [-0.1, -0.05) is 0 Å². The Morgan fingerprint density at radius 1 is 1.03 bits per heavy atom. The van der Waals surface area contributed by atoms with Gasteiger partial charge in [0.2, 0.25) is 0 Å². The molecule has 7 nitrogen and oxygen atoms in total. The molecule has 0 bridgehead atoms. The number of nitrogens with zero attached hydrogens (tertiary/aromatic N) is 3. The van der Waals surface area contributed by atoms with Gasteiger partial charge in [0.1, 0.15) is 17.1 Å². The highest BCUT2D eigenvalue weighted by molar-refractivity contribution is 5.73. The average molecular weight is 434 g/mol. The van der Waals surface area contributed by atoms with Crippen LogP contribution in [0.3, 0.4) is 0 Å². The molecule has 0 fully saturated rings. The van der Waals surface area contributed by atoms with Gasteiger partial charge in [0, 0.05) is 18.0 Å². The molecular formula is C17H12F6N4O3. The molecule has 2 N–H and O–H groups in total. The number of carbonyl (C=O) groups is 1. The first-order valence-electron chi connectivity index (χ1n) is 7.80. The number of halogens is 6. The summed E-state index contributed by atoms with van der Waals surface area (Å²) < 4.78 is 74.7. The van der Waals surface area contributed by atoms with Crippen LogP contribution in [0.25, 0.3) is 22.6 Å². The number of hydrogen-bond donors (Lipinski definition) is 2. The zero-order valence-corrected chi connectivity index (χ0v) is 14.9. The Morgan fingerprint density at radius 2 is 1.70 bits per heavy atom. The molecule has 160 valence electrons. The molecule has 0 aliphatic carbocycles. The highest BCUT2D eigenvalue weighted by Crippen LogP contribution is 2.30. The van der Waals surface area contributed by atoms with Gasteiger partial charge < -0.3 is 14.8 Å². The number of hydrogen-bond acceptors (Lipinski definition) is 5. The quantitative estimate of drug-likeness (QED) is 0.600. The molecule has 0 atom stereocenters. The largest absolute Gasteiger partial charge is 0.495 e. The van der Waals surface area contributed by atoms with Crippen molar-refractivity contribution in [3.8, 4) is 28.4 Å². The topological polar surface area (TPSA) is 101 Å². The second kappa shape index (κ2) is 8.80. The Labute approximate surface area is 164 Å². The van der Waals surface area contributed by atoms with Crippen molar-refractivity contribution in [1.29, 1.82) is 0 Å². The molecule has 0 aromatic carbocycles. The SMILES string of the molecule is COc1cncc(-c2ccnc(-c3ncc(C(F)(F)F)[nH]3)c2)c1.O=C(O)C(F)(F)F. The number of alkyl halides is 6. The maximum absolute atomic E-state index is 12.6. The Balaban J connectivity index is 0.000000396. The summed E-state index contributed by atoms with van der Waals surface area (Å²) in [6, 6.07) is 5.14. The summed E-state index contributed by atoms with van der Waals surface area (Å²) >= 11 is 0. The minimum Gasteiger partial charge on any atom is -0.495 e. The van der Waals surface area contributed by atoms with E-state index in [-0.39, 0.29) is 5.82 Å². The van der Waals surface area contributed by atoms with Crippen molar-refractivity contribution in [2.75, 3.05) is 7.11 Å². The first-order chi connectivity index (χ1) is 13.9. The van der Waals surface area contributed by atoms with Crippen molar-refractivity contribution in [3.63, 3.8) is 0 Å². The maximum Gasteiger partial charge on any atom is 0.490 e. The van der Waals surface area contributed by atoms with Gasteiger partial charge in [0.25, 0.3) is 0 Å². The van der Waals surface area contributed by atoms with Gasteiger partial charge >= 0.3 is 18.3 Å². The van der Waals surface area contributed by atoms with Crippen LogP contribution in [0.5, 0.6) is 5.75 Å². The zero-order chi connectivity index (χ0) is 22.5. The van der Waals surface area contributed by atoms with E-state index < -0.39 is 24.0 Å². The van der Waals surface area contributed by atoms with Crippen LogP contribution >= 0.6 is 0 Å². The summed E-state index contributed by atoms with van der Waals surface area (Å²) in [6.07, 6.45) is -4.12. The third-order valence-corrected chi connectivity index (χ3v) is 3.41. The zero-order valence-electron chi connectivity index (χ0n) is 14.9. The van der Waals surface area contributed by atoms with Crippen LogP contribution in [0.15, 0.2) is 43.0 Å². The van der Waals surface area contributed by atoms with Crippen molar-refractivity contribution in [2.45, 2.75) is 12.4 Å². The van der Waals surface area contributed by atoms with E-state index in [0.29, 0.717) is 11.4 Å². The minimum absolute atomic E-state index is 0.0510. The van der Waals surface area contributed by atoms with E-state index in [4.69, 9.17) is 14.6 Å². The van der Waals surface area contributed by atoms with Crippen LogP contribution in [-0.4, -0.2) is 44.3 Å². The van der Waals surface area contributed by atoms with Crippen molar-refractivity contribution in [3.05, 3.63) is 48.7 Å². The second-order valence-corrected chi connectivity index (χ2v) is 5.49. The molecule has 3 aromatic heterocycles. The van der Waals surface area contributed by atoms with Crippen LogP contribution in [0.1, 0.15) is 5.69 Å². The smallest absolute Gasteiger partial charge is 0.490 e. The van der Waals surface area contributed by atoms with Crippen molar-refractivity contribution in [2.24, 2.45) is 0 Å². The van der Waals surface area contributed by atoms with Crippen LogP contribution < -0.4 is 4.74 Å². The fourth-order valence-corrected chi connectivity index (χ4v) is 2.02. The third kappa shape index (κ3) is 5.93. The molecular weight excluding hydrogens is 422 g/mol. The molecule has 0 saturated heterocycles. The number of imidazole rings is 1. The summed E-state index contributed by atoms with van der Waals surface area (Å²) in [5, 5.41) is 7.12. The number of H-pyrrole nitrogens is 1. The Bertz CT molecular complexity index is 1020. The standard InChI is InChI=1S/C15H11F3N4O.C2HF3O2/c1-23-11-4-10(6-19-7-11)9-2-3-20-12(5-9)14-21-8-13(22-14)15(16,17)18;3-2(4,5)1(6)7/h2-8H,1H3,(H,21,22);(H,6,7). The lowest BCUT2D eigenvalue weighted by Gasteiger charge is -2.05. The predicted molar refractivity (Wildman–Crippen MR) is 90.3 cm³/mol. The average Bonchev–Trinajstić information content (AvgIpc) is 3.19. The molecule has 0 aliphatic rings. The van der Waals surface area contributed by atoms with E-state index in [2.05, 4.69) is 19.9 Å². The maximum atomic E-state index is 12.6. The second-order valence-electron chi connectivity index (χ2n) is 5.49. The molecule has 3 heterocycles. The molecule has 13 heteroatoms. The van der Waals surface area contributed by atoms with Crippen molar-refractivity contribution in [1.82, 2.24) is 19.9 Å². The van der Waals surface area contributed by atoms with Gasteiger partial charge in [-0.3, -0.25) is 9.97 Å². The minimum atomic E-state index is -5.08. The van der Waals surface area contributed by atoms with Crippen molar-refractivity contribution >= 4 is 5.97 Å². The molecule has 0 saturated carbocycles. The first-order valence-corrected chi connectivity index (χ1v) is 7.80. The van der Waals surface area contributed by atoms with Gasteiger partial charge in [0.05, 0.1) is 19.5 Å². The fourth-order valence-electron chi connectivity index (χ4n) is 2.02. The summed E-state index contributed by atoms with van der Waals surface area (Å²) in [5.41, 5.74) is 0.894. The van der Waals surface area contributed by atoms with E-state index in [1.54, 1.807) is 30.6 Å². The lowest BCUT2D eigenvalue weighted by atomic mass is 10.1. The molecule has 0 radical (unpaired) electrons. The van der Waals surface area contributed by atoms with Crippen LogP contribution in [0, 0.1) is 0 Å². The molecule has 3 aromatic rings. The number of aromatic amines is 1. The molecule has 0 unspecified atom stereocenters. The highest BCUT2D eigenvalue weighted by Gasteiger charge is 2.38. The number of methoxy groups -OCH3 is 1. The molecule has 0 amide bonds. The number of rotatable bonds is 3. The fraction of sp³-hybridized carbons (Fsp3) is 0.176. The lowest BCUT2D eigenvalue weighted by molar-refractivity contribution is -0.192. The first kappa shape index (κ1) is 22.6. The van der Waals surface area contributed by atoms with E-state index in [0.717, 1.165) is 17.3 Å². The van der Waals surface area contributed by atoms with Crippen molar-refractivity contribution < 1.29 is 41.0 Å². The Morgan fingerprint density at radius 3 is 2.23 bits per heavy atom. The number of nitrogens with one attached hydrogen (secondary N) is 1. The molecule has 0 spiro atoms. The molecule has 30 heavy (non-hydrogen) atoms. The van der Waals surface area contributed by atoms with Gasteiger partial charge in [-0.15, -0.1) is 0 Å². The Kier molecular flexibility index (Phi) is 6.64. The number of ether oxygens (including phenoxy) is 1. The van der Waals surface area contributed by atoms with E-state index >= 15 is 0 Å². The van der Waals surface area contributed by atoms with Gasteiger partial charge in [-0.25, -0.2) is 9.78 Å². The highest BCUT2D eigenvalue weighted by atomic mass is 19.4. The van der Waals surface area contributed by atoms with Crippen LogP contribution in [0.4, 0.5) is 26.3 Å². The normalized spacial score (nSPS) is 11.4. The summed E-state index contributed by atoms with van der Waals surface area (Å²) in [5.74, 6) is -2.12. The summed E-state index contributed by atoms with van der Waals surface area (Å²) in [6.45, 7) is 0. The monoisotopic (exact) mass is 434 g/mol. The molecule has 0 aliphatic heterocycles. The number of carboxylic acids is 1. The van der Waals surface area contributed by atoms with Crippen LogP contribution in [-0.2, 0) is 11.0 Å². The molecule has 3 rings (SSSR count). The lowest BCUT2D eigenvalue weighted by Crippen LogP contribution is -2.21. The summed E-state index contributed by atoms with van der Waals surface area (Å²) in [4.78, 5) is 23.0. The number of pyridine rings is 2. The number of carboxylic acid groups (broad SMARTS) is 1. The van der Waals surface area contributed by atoms with E-state index in [9.17, 15) is 26.3 Å². The van der Waals surface area contributed by atoms with Gasteiger partial charge in [-0.05, 0) is 23.8 Å². The van der Waals surface area contributed by atoms with Crippen LogP contribution in [0.2, 0.25) is 0 Å².